The van der Waals surface area contributed by atoms with E-state index in [1.807, 2.05) is 0 Å². The molecule has 0 radical (unpaired) electrons. The Kier molecular flexibility index (Phi) is 5.66. The monoisotopic (exact) mass is 483 g/mol. The quantitative estimate of drug-likeness (QED) is 0.545. The normalized spacial score (nSPS) is 24.1. The van der Waals surface area contributed by atoms with Crippen LogP contribution in [0.25, 0.3) is 11.5 Å². The van der Waals surface area contributed by atoms with Crippen LogP contribution in [-0.2, 0) is 30.6 Å². The van der Waals surface area contributed by atoms with Gasteiger partial charge in [-0.05, 0) is 61.1 Å². The molecule has 6 rings (SSSR count). The molecular formula is C24H26FN5O3S. The molecule has 3 aromatic rings. The van der Waals surface area contributed by atoms with Gasteiger partial charge in [-0.25, -0.2) is 14.4 Å². The first kappa shape index (κ1) is 21.8. The van der Waals surface area contributed by atoms with Crippen molar-refractivity contribution in [1.82, 2.24) is 15.0 Å². The van der Waals surface area contributed by atoms with Gasteiger partial charge in [0.1, 0.15) is 28.7 Å². The highest BCUT2D eigenvalue weighted by atomic mass is 32.2. The summed E-state index contributed by atoms with van der Waals surface area (Å²) < 4.78 is 31.9. The molecule has 1 atom stereocenters. The van der Waals surface area contributed by atoms with Crippen molar-refractivity contribution in [3.05, 3.63) is 47.2 Å². The number of nitrogens with zero attached hydrogens (tertiary/aromatic N) is 4. The van der Waals surface area contributed by atoms with Crippen LogP contribution in [-0.4, -0.2) is 49.1 Å². The topological polar surface area (TPSA) is 110 Å². The molecule has 0 saturated heterocycles. The van der Waals surface area contributed by atoms with Gasteiger partial charge in [0, 0.05) is 31.0 Å². The van der Waals surface area contributed by atoms with Crippen molar-refractivity contribution in [1.29, 1.82) is 0 Å². The number of rotatable bonds is 4. The summed E-state index contributed by atoms with van der Waals surface area (Å²) >= 11 is -1.10. The maximum absolute atomic E-state index is 13.3. The van der Waals surface area contributed by atoms with Crippen molar-refractivity contribution in [2.24, 2.45) is 0 Å². The summed E-state index contributed by atoms with van der Waals surface area (Å²) in [6.07, 6.45) is 4.35. The lowest BCUT2D eigenvalue weighted by Gasteiger charge is -2.29. The zero-order chi connectivity index (χ0) is 23.2. The fourth-order valence-corrected chi connectivity index (χ4v) is 6.24. The van der Waals surface area contributed by atoms with E-state index in [0.717, 1.165) is 53.3 Å². The molecule has 3 aliphatic rings. The summed E-state index contributed by atoms with van der Waals surface area (Å²) in [6, 6.07) is 6.32. The SMILES string of the molecule is [O-][S@+]1CCc2nc(N3CCc4oc(-c5ccc(F)cc5)nc4C3)nc(NC3CCC(O)CC3)c21. The molecule has 2 N–H and O–H groups in total. The average molecular weight is 484 g/mol. The second-order valence-electron chi connectivity index (χ2n) is 9.16. The molecule has 1 saturated carbocycles. The molecule has 0 amide bonds. The molecule has 8 nitrogen and oxygen atoms in total. The molecule has 1 fully saturated rings. The zero-order valence-corrected chi connectivity index (χ0v) is 19.5. The van der Waals surface area contributed by atoms with Crippen molar-refractivity contribution >= 4 is 22.9 Å². The van der Waals surface area contributed by atoms with E-state index in [0.29, 0.717) is 49.3 Å². The van der Waals surface area contributed by atoms with E-state index in [4.69, 9.17) is 14.4 Å². The van der Waals surface area contributed by atoms with Crippen LogP contribution in [0.15, 0.2) is 33.6 Å². The highest BCUT2D eigenvalue weighted by Gasteiger charge is 2.35. The molecule has 178 valence electrons. The number of hydrogen-bond acceptors (Lipinski definition) is 8. The Hall–Kier alpha value is -2.69. The Bertz CT molecular complexity index is 1200. The summed E-state index contributed by atoms with van der Waals surface area (Å²) in [5.74, 6) is 2.86. The average Bonchev–Trinajstić information content (AvgIpc) is 3.44. The highest BCUT2D eigenvalue weighted by Crippen LogP contribution is 2.35. The number of halogens is 1. The molecule has 1 aliphatic carbocycles. The largest absolute Gasteiger partial charge is 0.611 e. The van der Waals surface area contributed by atoms with Gasteiger partial charge in [0.05, 0.1) is 12.6 Å². The number of fused-ring (bicyclic) bond motifs is 2. The lowest BCUT2D eigenvalue weighted by molar-refractivity contribution is 0.126. The maximum atomic E-state index is 13.3. The predicted molar refractivity (Wildman–Crippen MR) is 126 cm³/mol. The molecule has 34 heavy (non-hydrogen) atoms. The van der Waals surface area contributed by atoms with Gasteiger partial charge >= 0.3 is 0 Å². The number of aromatic nitrogens is 3. The summed E-state index contributed by atoms with van der Waals surface area (Å²) in [7, 11) is 0. The minimum atomic E-state index is -1.10. The Morgan fingerprint density at radius 1 is 1.06 bits per heavy atom. The Labute approximate surface area is 199 Å². The van der Waals surface area contributed by atoms with Crippen molar-refractivity contribution in [2.75, 3.05) is 22.5 Å². The van der Waals surface area contributed by atoms with E-state index in [-0.39, 0.29) is 18.0 Å². The maximum Gasteiger partial charge on any atom is 0.228 e. The Morgan fingerprint density at radius 2 is 1.85 bits per heavy atom. The van der Waals surface area contributed by atoms with Crippen LogP contribution in [0.5, 0.6) is 0 Å². The minimum Gasteiger partial charge on any atom is -0.611 e. The van der Waals surface area contributed by atoms with Gasteiger partial charge in [0.15, 0.2) is 5.82 Å². The molecule has 4 heterocycles. The van der Waals surface area contributed by atoms with Crippen molar-refractivity contribution in [3.63, 3.8) is 0 Å². The fourth-order valence-electron chi connectivity index (χ4n) is 4.92. The number of aryl methyl sites for hydroxylation is 1. The molecule has 2 aromatic heterocycles. The Balaban J connectivity index is 1.26. The van der Waals surface area contributed by atoms with E-state index in [1.165, 1.54) is 12.1 Å². The molecular weight excluding hydrogens is 457 g/mol. The summed E-state index contributed by atoms with van der Waals surface area (Å²) in [5, 5.41) is 13.3. The fraction of sp³-hybridized carbons (Fsp3) is 0.458. The number of aliphatic hydroxyl groups excluding tert-OH is 1. The van der Waals surface area contributed by atoms with Gasteiger partial charge in [-0.15, -0.1) is 0 Å². The standard InChI is InChI=1S/C24H26FN5O3S/c25-15-3-1-14(2-4-15)23-27-19-13-30(11-9-20(19)33-23)24-28-18-10-12-34(32)21(18)22(29-24)26-16-5-7-17(31)8-6-16/h1-4,16-17,31H,5-13H2,(H,26,28,29)/t16?,17?,34-/m1/s1. The van der Waals surface area contributed by atoms with Crippen LogP contribution >= 0.6 is 0 Å². The van der Waals surface area contributed by atoms with Gasteiger partial charge in [-0.1, -0.05) is 0 Å². The van der Waals surface area contributed by atoms with Gasteiger partial charge in [-0.2, -0.15) is 4.98 Å². The minimum absolute atomic E-state index is 0.203. The van der Waals surface area contributed by atoms with Gasteiger partial charge in [-0.3, -0.25) is 0 Å². The Morgan fingerprint density at radius 3 is 2.65 bits per heavy atom. The van der Waals surface area contributed by atoms with E-state index >= 15 is 0 Å². The van der Waals surface area contributed by atoms with Crippen LogP contribution in [0.2, 0.25) is 0 Å². The third kappa shape index (κ3) is 4.14. The molecule has 10 heteroatoms. The van der Waals surface area contributed by atoms with Crippen LogP contribution in [0.3, 0.4) is 0 Å². The van der Waals surface area contributed by atoms with E-state index < -0.39 is 11.2 Å². The second-order valence-corrected chi connectivity index (χ2v) is 10.7. The first-order valence-electron chi connectivity index (χ1n) is 11.8. The van der Waals surface area contributed by atoms with Gasteiger partial charge in [0.25, 0.3) is 0 Å². The van der Waals surface area contributed by atoms with Crippen molar-refractivity contribution in [2.45, 2.75) is 62.1 Å². The summed E-state index contributed by atoms with van der Waals surface area (Å²) in [4.78, 5) is 17.1. The van der Waals surface area contributed by atoms with Crippen molar-refractivity contribution < 1.29 is 18.5 Å². The summed E-state index contributed by atoms with van der Waals surface area (Å²) in [5.41, 5.74) is 2.41. The van der Waals surface area contributed by atoms with Gasteiger partial charge < -0.3 is 24.3 Å². The number of hydrogen-bond donors (Lipinski definition) is 2. The number of aliphatic hydroxyl groups is 1. The molecule has 0 bridgehead atoms. The number of benzene rings is 1. The highest BCUT2D eigenvalue weighted by molar-refractivity contribution is 7.91. The second kappa shape index (κ2) is 8.83. The molecule has 0 spiro atoms. The number of nitrogens with one attached hydrogen (secondary N) is 1. The number of anilines is 2. The summed E-state index contributed by atoms with van der Waals surface area (Å²) in [6.45, 7) is 1.19. The van der Waals surface area contributed by atoms with E-state index in [9.17, 15) is 14.0 Å². The smallest absolute Gasteiger partial charge is 0.228 e. The lowest BCUT2D eigenvalue weighted by atomic mass is 9.93. The first-order chi connectivity index (χ1) is 16.5. The third-order valence-corrected chi connectivity index (χ3v) is 8.27. The van der Waals surface area contributed by atoms with E-state index in [2.05, 4.69) is 15.2 Å². The third-order valence-electron chi connectivity index (χ3n) is 6.82. The molecule has 2 aliphatic heterocycles. The van der Waals surface area contributed by atoms with Crippen molar-refractivity contribution in [3.8, 4) is 11.5 Å². The van der Waals surface area contributed by atoms with Crippen LogP contribution in [0, 0.1) is 5.82 Å². The predicted octanol–water partition coefficient (Wildman–Crippen LogP) is 3.21. The molecule has 1 aromatic carbocycles. The van der Waals surface area contributed by atoms with Crippen LogP contribution in [0.1, 0.15) is 42.8 Å². The van der Waals surface area contributed by atoms with Crippen LogP contribution in [0.4, 0.5) is 16.2 Å². The lowest BCUT2D eigenvalue weighted by Crippen LogP contribution is -2.33. The number of oxazole rings is 1. The first-order valence-corrected chi connectivity index (χ1v) is 13.1. The van der Waals surface area contributed by atoms with Crippen LogP contribution < -0.4 is 10.2 Å². The van der Waals surface area contributed by atoms with Gasteiger partial charge in [0.2, 0.25) is 16.7 Å². The zero-order valence-electron chi connectivity index (χ0n) is 18.7. The molecule has 0 unspecified atom stereocenters. The van der Waals surface area contributed by atoms with E-state index in [1.54, 1.807) is 12.1 Å².